The third-order valence-corrected chi connectivity index (χ3v) is 4.77. The molecule has 1 atom stereocenters. The maximum absolute atomic E-state index is 14.1. The molecular weight excluding hydrogens is 293 g/mol. The number of hydrogen-bond donors (Lipinski definition) is 1. The predicted octanol–water partition coefficient (Wildman–Crippen LogP) is 3.90. The summed E-state index contributed by atoms with van der Waals surface area (Å²) in [6, 6.07) is 5.95. The van der Waals surface area contributed by atoms with Crippen LogP contribution >= 0.6 is 0 Å². The molecule has 23 heavy (non-hydrogen) atoms. The summed E-state index contributed by atoms with van der Waals surface area (Å²) in [4.78, 5) is 12.5. The molecule has 0 radical (unpaired) electrons. The molecule has 1 N–H and O–H groups in total. The number of amides is 1. The number of halogens is 1. The molecule has 1 aromatic carbocycles. The molecule has 1 aliphatic rings. The Morgan fingerprint density at radius 1 is 1.43 bits per heavy atom. The van der Waals surface area contributed by atoms with E-state index in [1.807, 2.05) is 12.1 Å². The van der Waals surface area contributed by atoms with Crippen LogP contribution in [-0.4, -0.2) is 15.7 Å². The highest BCUT2D eigenvalue weighted by atomic mass is 19.1. The number of anilines is 1. The van der Waals surface area contributed by atoms with Gasteiger partial charge in [0.2, 0.25) is 5.95 Å². The second-order valence-electron chi connectivity index (χ2n) is 7.08. The van der Waals surface area contributed by atoms with Crippen molar-refractivity contribution in [1.82, 2.24) is 9.78 Å². The normalized spacial score (nSPS) is 18.8. The van der Waals surface area contributed by atoms with E-state index in [0.717, 1.165) is 22.4 Å². The predicted molar refractivity (Wildman–Crippen MR) is 88.4 cm³/mol. The van der Waals surface area contributed by atoms with Gasteiger partial charge in [0.1, 0.15) is 5.56 Å². The van der Waals surface area contributed by atoms with Gasteiger partial charge in [0.05, 0.1) is 5.69 Å². The lowest BCUT2D eigenvalue weighted by Crippen LogP contribution is -2.16. The monoisotopic (exact) mass is 315 g/mol. The first-order valence-electron chi connectivity index (χ1n) is 7.86. The molecule has 1 unspecified atom stereocenters. The molecule has 0 bridgehead atoms. The summed E-state index contributed by atoms with van der Waals surface area (Å²) in [5, 5.41) is 6.85. The molecule has 122 valence electrons. The van der Waals surface area contributed by atoms with Gasteiger partial charge in [0.25, 0.3) is 5.91 Å². The van der Waals surface area contributed by atoms with Crippen LogP contribution < -0.4 is 5.32 Å². The molecule has 0 saturated carbocycles. The van der Waals surface area contributed by atoms with Crippen molar-refractivity contribution in [3.8, 4) is 0 Å². The van der Waals surface area contributed by atoms with Gasteiger partial charge in [0, 0.05) is 12.7 Å². The lowest BCUT2D eigenvalue weighted by atomic mass is 9.86. The zero-order chi connectivity index (χ0) is 16.9. The van der Waals surface area contributed by atoms with Crippen molar-refractivity contribution in [2.45, 2.75) is 45.4 Å². The van der Waals surface area contributed by atoms with Crippen molar-refractivity contribution >= 4 is 11.6 Å². The lowest BCUT2D eigenvalue weighted by molar-refractivity contribution is 0.102. The third-order valence-electron chi connectivity index (χ3n) is 4.77. The number of nitrogens with zero attached hydrogens (tertiary/aromatic N) is 2. The molecule has 2 aromatic rings. The van der Waals surface area contributed by atoms with Crippen LogP contribution in [0, 0.1) is 12.9 Å². The number of nitrogens with one attached hydrogen (secondary N) is 1. The summed E-state index contributed by atoms with van der Waals surface area (Å²) in [7, 11) is 1.49. The molecule has 1 amide bonds. The minimum atomic E-state index is -0.610. The topological polar surface area (TPSA) is 46.9 Å². The van der Waals surface area contributed by atoms with Crippen molar-refractivity contribution < 1.29 is 9.18 Å². The van der Waals surface area contributed by atoms with Crippen LogP contribution in [0.25, 0.3) is 0 Å². The fraction of sp³-hybridized carbons (Fsp3) is 0.444. The first-order valence-corrected chi connectivity index (χ1v) is 7.86. The van der Waals surface area contributed by atoms with Gasteiger partial charge < -0.3 is 5.32 Å². The molecule has 1 aliphatic carbocycles. The Morgan fingerprint density at radius 3 is 2.74 bits per heavy atom. The molecule has 0 saturated heterocycles. The zero-order valence-corrected chi connectivity index (χ0v) is 14.2. The Labute approximate surface area is 135 Å². The number of hydrogen-bond acceptors (Lipinski definition) is 2. The van der Waals surface area contributed by atoms with Gasteiger partial charge >= 0.3 is 0 Å². The van der Waals surface area contributed by atoms with Crippen LogP contribution in [0.1, 0.15) is 60.3 Å². The molecule has 0 fully saturated rings. The lowest BCUT2D eigenvalue weighted by Gasteiger charge is -2.19. The quantitative estimate of drug-likeness (QED) is 0.913. The smallest absolute Gasteiger partial charge is 0.262 e. The molecule has 1 heterocycles. The zero-order valence-electron chi connectivity index (χ0n) is 14.2. The van der Waals surface area contributed by atoms with E-state index < -0.39 is 11.9 Å². The number of carbonyl (C=O) groups is 1. The van der Waals surface area contributed by atoms with Crippen molar-refractivity contribution in [2.24, 2.45) is 7.05 Å². The van der Waals surface area contributed by atoms with Crippen LogP contribution in [0.5, 0.6) is 0 Å². The van der Waals surface area contributed by atoms with E-state index in [1.165, 1.54) is 12.6 Å². The standard InChI is InChI=1S/C18H22FN3O/c1-10-9-18(3,4)12-7-6-8-13(14(10)12)20-17(23)15-11(2)21-22(5)16(15)19/h6-8,10H,9H2,1-5H3,(H,20,23). The fourth-order valence-corrected chi connectivity index (χ4v) is 3.85. The maximum atomic E-state index is 14.1. The van der Waals surface area contributed by atoms with Gasteiger partial charge in [-0.25, -0.2) is 4.68 Å². The average Bonchev–Trinajstić information content (AvgIpc) is 2.84. The van der Waals surface area contributed by atoms with E-state index in [1.54, 1.807) is 6.92 Å². The van der Waals surface area contributed by atoms with E-state index in [0.29, 0.717) is 11.6 Å². The highest BCUT2D eigenvalue weighted by Gasteiger charge is 2.36. The summed E-state index contributed by atoms with van der Waals surface area (Å²) in [5.41, 5.74) is 3.68. The molecule has 1 aromatic heterocycles. The molecule has 4 nitrogen and oxygen atoms in total. The first kappa shape index (κ1) is 15.7. The van der Waals surface area contributed by atoms with Gasteiger partial charge in [-0.1, -0.05) is 32.9 Å². The second kappa shape index (κ2) is 5.18. The highest BCUT2D eigenvalue weighted by molar-refractivity contribution is 6.05. The van der Waals surface area contributed by atoms with Crippen molar-refractivity contribution in [1.29, 1.82) is 0 Å². The largest absolute Gasteiger partial charge is 0.322 e. The number of fused-ring (bicyclic) bond motifs is 1. The van der Waals surface area contributed by atoms with E-state index >= 15 is 0 Å². The van der Waals surface area contributed by atoms with E-state index in [4.69, 9.17) is 0 Å². The first-order chi connectivity index (χ1) is 10.7. The summed E-state index contributed by atoms with van der Waals surface area (Å²) in [6.45, 7) is 8.23. The van der Waals surface area contributed by atoms with Gasteiger partial charge in [-0.2, -0.15) is 9.49 Å². The Kier molecular flexibility index (Phi) is 3.54. The highest BCUT2D eigenvalue weighted by Crippen LogP contribution is 2.48. The summed E-state index contributed by atoms with van der Waals surface area (Å²) in [5.74, 6) is -0.698. The minimum Gasteiger partial charge on any atom is -0.322 e. The summed E-state index contributed by atoms with van der Waals surface area (Å²) in [6.07, 6.45) is 1.04. The van der Waals surface area contributed by atoms with Gasteiger partial charge in [-0.05, 0) is 41.9 Å². The van der Waals surface area contributed by atoms with Crippen molar-refractivity contribution in [2.75, 3.05) is 5.32 Å². The Morgan fingerprint density at radius 2 is 2.13 bits per heavy atom. The van der Waals surface area contributed by atoms with E-state index in [-0.39, 0.29) is 11.0 Å². The van der Waals surface area contributed by atoms with Gasteiger partial charge in [-0.15, -0.1) is 0 Å². The number of aryl methyl sites for hydroxylation is 2. The average molecular weight is 315 g/mol. The number of aromatic nitrogens is 2. The van der Waals surface area contributed by atoms with Crippen LogP contribution in [0.4, 0.5) is 10.1 Å². The molecule has 5 heteroatoms. The molecule has 0 spiro atoms. The minimum absolute atomic E-state index is 0.00927. The van der Waals surface area contributed by atoms with Crippen molar-refractivity contribution in [3.63, 3.8) is 0 Å². The second-order valence-corrected chi connectivity index (χ2v) is 7.08. The van der Waals surface area contributed by atoms with E-state index in [9.17, 15) is 9.18 Å². The van der Waals surface area contributed by atoms with E-state index in [2.05, 4.69) is 37.3 Å². The van der Waals surface area contributed by atoms with Crippen LogP contribution in [-0.2, 0) is 12.5 Å². The van der Waals surface area contributed by atoms with Crippen LogP contribution in [0.2, 0.25) is 0 Å². The van der Waals surface area contributed by atoms with Crippen LogP contribution in [0.15, 0.2) is 18.2 Å². The molecule has 3 rings (SSSR count). The number of benzene rings is 1. The van der Waals surface area contributed by atoms with Gasteiger partial charge in [-0.3, -0.25) is 4.79 Å². The van der Waals surface area contributed by atoms with Crippen molar-refractivity contribution in [3.05, 3.63) is 46.5 Å². The third kappa shape index (κ3) is 2.44. The fourth-order valence-electron chi connectivity index (χ4n) is 3.85. The SMILES string of the molecule is Cc1nn(C)c(F)c1C(=O)Nc1cccc2c1C(C)CC2(C)C. The Balaban J connectivity index is 1.99. The molecule has 0 aliphatic heterocycles. The summed E-state index contributed by atoms with van der Waals surface area (Å²) < 4.78 is 15.2. The Bertz CT molecular complexity index is 792. The van der Waals surface area contributed by atoms with Crippen LogP contribution in [0.3, 0.4) is 0 Å². The maximum Gasteiger partial charge on any atom is 0.262 e. The Hall–Kier alpha value is -2.17. The number of rotatable bonds is 2. The summed E-state index contributed by atoms with van der Waals surface area (Å²) >= 11 is 0. The van der Waals surface area contributed by atoms with Gasteiger partial charge in [0.15, 0.2) is 0 Å². The number of carbonyl (C=O) groups excluding carboxylic acids is 1. The molecular formula is C18H22FN3O.